The second-order valence-corrected chi connectivity index (χ2v) is 1.17. The summed E-state index contributed by atoms with van der Waals surface area (Å²) in [6.07, 6.45) is 1.56. The third kappa shape index (κ3) is 0.959. The Morgan fingerprint density at radius 2 is 2.75 bits per heavy atom. The van der Waals surface area contributed by atoms with Crippen molar-refractivity contribution in [3.63, 3.8) is 0 Å². The van der Waals surface area contributed by atoms with Gasteiger partial charge in [0.1, 0.15) is 0 Å². The van der Waals surface area contributed by atoms with Crippen LogP contribution in [0.4, 0.5) is 4.39 Å². The average molecular weight is 116 g/mol. The molecule has 0 spiro atoms. The first-order chi connectivity index (χ1) is 3.93. The molecule has 0 amide bonds. The van der Waals surface area contributed by atoms with Gasteiger partial charge in [0.15, 0.2) is 0 Å². The number of aromatic amines is 1. The lowest BCUT2D eigenvalue weighted by molar-refractivity contribution is 0.184. The van der Waals surface area contributed by atoms with Crippen LogP contribution in [-0.4, -0.2) is 17.1 Å². The minimum atomic E-state index is -0.829. The van der Waals surface area contributed by atoms with Gasteiger partial charge < -0.3 is 4.74 Å². The lowest BCUT2D eigenvalue weighted by Crippen LogP contribution is -1.88. The highest BCUT2D eigenvalue weighted by Crippen LogP contribution is 2.00. The molecule has 0 bridgehead atoms. The number of rotatable bonds is 2. The summed E-state index contributed by atoms with van der Waals surface area (Å²) in [6, 6.07) is 1.54. The van der Waals surface area contributed by atoms with Crippen molar-refractivity contribution >= 4 is 0 Å². The summed E-state index contributed by atoms with van der Waals surface area (Å²) in [4.78, 5) is 0. The van der Waals surface area contributed by atoms with Crippen molar-refractivity contribution < 1.29 is 9.13 Å². The molecule has 1 aromatic heterocycles. The van der Waals surface area contributed by atoms with Crippen molar-refractivity contribution in [3.05, 3.63) is 12.3 Å². The quantitative estimate of drug-likeness (QED) is 0.618. The lowest BCUT2D eigenvalue weighted by Gasteiger charge is -1.89. The van der Waals surface area contributed by atoms with Crippen molar-refractivity contribution in [2.75, 3.05) is 6.86 Å². The molecule has 3 nitrogen and oxygen atoms in total. The van der Waals surface area contributed by atoms with Gasteiger partial charge >= 0.3 is 0 Å². The van der Waals surface area contributed by atoms with E-state index in [-0.39, 0.29) is 5.88 Å². The predicted octanol–water partition coefficient (Wildman–Crippen LogP) is 0.716. The predicted molar refractivity (Wildman–Crippen MR) is 25.2 cm³/mol. The molecule has 0 aliphatic rings. The number of ether oxygens (including phenoxy) is 1. The molecule has 1 heterocycles. The summed E-state index contributed by atoms with van der Waals surface area (Å²) in [6.45, 7) is -0.829. The van der Waals surface area contributed by atoms with Crippen LogP contribution >= 0.6 is 0 Å². The first kappa shape index (κ1) is 5.08. The highest BCUT2D eigenvalue weighted by Gasteiger charge is 1.89. The molecular weight excluding hydrogens is 111 g/mol. The maximum atomic E-state index is 11.3. The zero-order valence-corrected chi connectivity index (χ0v) is 4.10. The van der Waals surface area contributed by atoms with Gasteiger partial charge in [-0.05, 0) is 0 Å². The SMILES string of the molecule is FCOc1cc[nH]n1. The van der Waals surface area contributed by atoms with E-state index in [1.54, 1.807) is 12.3 Å². The van der Waals surface area contributed by atoms with E-state index < -0.39 is 6.86 Å². The second-order valence-electron chi connectivity index (χ2n) is 1.17. The Kier molecular flexibility index (Phi) is 1.46. The number of nitrogens with one attached hydrogen (secondary N) is 1. The van der Waals surface area contributed by atoms with E-state index in [4.69, 9.17) is 0 Å². The number of alkyl halides is 1. The molecular formula is C4H5FN2O. The molecule has 44 valence electrons. The van der Waals surface area contributed by atoms with Gasteiger partial charge in [-0.2, -0.15) is 0 Å². The van der Waals surface area contributed by atoms with Crippen LogP contribution in [0.25, 0.3) is 0 Å². The summed E-state index contributed by atoms with van der Waals surface area (Å²) in [5.74, 6) is 0.285. The maximum Gasteiger partial charge on any atom is 0.234 e. The molecule has 0 radical (unpaired) electrons. The molecule has 1 aromatic rings. The standard InChI is InChI=1S/C4H5FN2O/c5-3-8-4-1-2-6-7-4/h1-2H,3H2,(H,6,7). The van der Waals surface area contributed by atoms with E-state index in [2.05, 4.69) is 14.9 Å². The fraction of sp³-hybridized carbons (Fsp3) is 0.250. The van der Waals surface area contributed by atoms with Crippen LogP contribution in [0.5, 0.6) is 5.88 Å². The Hall–Kier alpha value is -1.06. The number of hydrogen-bond acceptors (Lipinski definition) is 2. The minimum Gasteiger partial charge on any atom is -0.445 e. The summed E-state index contributed by atoms with van der Waals surface area (Å²) in [7, 11) is 0. The number of halogens is 1. The summed E-state index contributed by atoms with van der Waals surface area (Å²) >= 11 is 0. The fourth-order valence-corrected chi connectivity index (χ4v) is 0.383. The third-order valence-electron chi connectivity index (χ3n) is 0.678. The molecule has 0 unspecified atom stereocenters. The summed E-state index contributed by atoms with van der Waals surface area (Å²) in [5.41, 5.74) is 0. The molecule has 0 aromatic carbocycles. The Morgan fingerprint density at radius 1 is 1.88 bits per heavy atom. The lowest BCUT2D eigenvalue weighted by atomic mass is 10.7. The third-order valence-corrected chi connectivity index (χ3v) is 0.678. The Morgan fingerprint density at radius 3 is 3.25 bits per heavy atom. The highest BCUT2D eigenvalue weighted by molar-refractivity contribution is 5.03. The topological polar surface area (TPSA) is 37.9 Å². The maximum absolute atomic E-state index is 11.3. The fourth-order valence-electron chi connectivity index (χ4n) is 0.383. The second kappa shape index (κ2) is 2.30. The van der Waals surface area contributed by atoms with Crippen LogP contribution in [0, 0.1) is 0 Å². The van der Waals surface area contributed by atoms with Crippen LogP contribution in [0.2, 0.25) is 0 Å². The molecule has 1 rings (SSSR count). The molecule has 4 heteroatoms. The van der Waals surface area contributed by atoms with E-state index in [0.29, 0.717) is 0 Å². The van der Waals surface area contributed by atoms with Gasteiger partial charge in [0.05, 0.1) is 0 Å². The van der Waals surface area contributed by atoms with Gasteiger partial charge in [-0.3, -0.25) is 5.10 Å². The van der Waals surface area contributed by atoms with E-state index >= 15 is 0 Å². The zero-order chi connectivity index (χ0) is 5.82. The molecule has 0 atom stereocenters. The van der Waals surface area contributed by atoms with E-state index in [9.17, 15) is 4.39 Å². The monoisotopic (exact) mass is 116 g/mol. The minimum absolute atomic E-state index is 0.285. The molecule has 8 heavy (non-hydrogen) atoms. The van der Waals surface area contributed by atoms with Crippen molar-refractivity contribution in [1.29, 1.82) is 0 Å². The van der Waals surface area contributed by atoms with E-state index in [1.807, 2.05) is 0 Å². The van der Waals surface area contributed by atoms with E-state index in [1.165, 1.54) is 0 Å². The number of aromatic nitrogens is 2. The van der Waals surface area contributed by atoms with Gasteiger partial charge in [0.25, 0.3) is 0 Å². The molecule has 0 saturated heterocycles. The highest BCUT2D eigenvalue weighted by atomic mass is 19.1. The molecule has 0 fully saturated rings. The zero-order valence-electron chi connectivity index (χ0n) is 4.10. The Labute approximate surface area is 45.5 Å². The van der Waals surface area contributed by atoms with Crippen molar-refractivity contribution in [3.8, 4) is 5.88 Å². The number of hydrogen-bond donors (Lipinski definition) is 1. The largest absolute Gasteiger partial charge is 0.445 e. The normalized spacial score (nSPS) is 9.12. The van der Waals surface area contributed by atoms with Gasteiger partial charge in [-0.1, -0.05) is 0 Å². The van der Waals surface area contributed by atoms with Gasteiger partial charge in [0.2, 0.25) is 12.7 Å². The van der Waals surface area contributed by atoms with Gasteiger partial charge in [-0.15, -0.1) is 5.10 Å². The number of H-pyrrole nitrogens is 1. The summed E-state index contributed by atoms with van der Waals surface area (Å²) in [5, 5.41) is 5.99. The first-order valence-electron chi connectivity index (χ1n) is 2.12. The Balaban J connectivity index is 2.50. The van der Waals surface area contributed by atoms with Crippen LogP contribution in [0.15, 0.2) is 12.3 Å². The van der Waals surface area contributed by atoms with Crippen LogP contribution < -0.4 is 4.74 Å². The molecule has 0 saturated carbocycles. The summed E-state index contributed by atoms with van der Waals surface area (Å²) < 4.78 is 15.6. The van der Waals surface area contributed by atoms with Gasteiger partial charge in [-0.25, -0.2) is 4.39 Å². The van der Waals surface area contributed by atoms with E-state index in [0.717, 1.165) is 0 Å². The van der Waals surface area contributed by atoms with Crippen LogP contribution in [0.3, 0.4) is 0 Å². The van der Waals surface area contributed by atoms with Crippen LogP contribution in [-0.2, 0) is 0 Å². The molecule has 0 aliphatic heterocycles. The molecule has 1 N–H and O–H groups in total. The van der Waals surface area contributed by atoms with Gasteiger partial charge in [0, 0.05) is 12.3 Å². The van der Waals surface area contributed by atoms with Crippen molar-refractivity contribution in [1.82, 2.24) is 10.2 Å². The van der Waals surface area contributed by atoms with Crippen LogP contribution in [0.1, 0.15) is 0 Å². The molecule has 0 aliphatic carbocycles. The Bertz CT molecular complexity index is 140. The van der Waals surface area contributed by atoms with Crippen molar-refractivity contribution in [2.45, 2.75) is 0 Å². The average Bonchev–Trinajstić information content (AvgIpc) is 2.19. The smallest absolute Gasteiger partial charge is 0.234 e. The number of nitrogens with zero attached hydrogens (tertiary/aromatic N) is 1. The van der Waals surface area contributed by atoms with Crippen molar-refractivity contribution in [2.24, 2.45) is 0 Å². The first-order valence-corrected chi connectivity index (χ1v) is 2.12.